The number of carbonyl (C=O) groups excluding carboxylic acids is 5. The van der Waals surface area contributed by atoms with E-state index in [0.29, 0.717) is 24.5 Å². The van der Waals surface area contributed by atoms with Crippen molar-refractivity contribution in [1.29, 1.82) is 0 Å². The molecule has 2 saturated carbocycles. The number of carbonyl (C=O) groups is 5. The van der Waals surface area contributed by atoms with E-state index in [-0.39, 0.29) is 25.4 Å². The van der Waals surface area contributed by atoms with Gasteiger partial charge in [-0.25, -0.2) is 4.79 Å². The Bertz CT molecular complexity index is 1290. The molecule has 5 amide bonds. The molecule has 0 unspecified atom stereocenters. The van der Waals surface area contributed by atoms with E-state index in [2.05, 4.69) is 10.6 Å². The molecular weight excluding hydrogens is 554 g/mol. The third-order valence-electron chi connectivity index (χ3n) is 8.68. The molecular formula is C31H43N5O7. The van der Waals surface area contributed by atoms with Crippen LogP contribution >= 0.6 is 0 Å². The average molecular weight is 598 g/mol. The number of nitrogens with zero attached hydrogens (tertiary/aromatic N) is 2. The number of nitrogens with two attached hydrogens (primary N) is 1. The summed E-state index contributed by atoms with van der Waals surface area (Å²) in [5, 5.41) is 5.60. The highest BCUT2D eigenvalue weighted by Crippen LogP contribution is 2.39. The molecule has 0 bridgehead atoms. The van der Waals surface area contributed by atoms with E-state index in [1.807, 2.05) is 12.1 Å². The van der Waals surface area contributed by atoms with Crippen molar-refractivity contribution < 1.29 is 33.4 Å². The zero-order chi connectivity index (χ0) is 31.1. The van der Waals surface area contributed by atoms with Crippen LogP contribution in [0.4, 0.5) is 4.79 Å². The smallest absolute Gasteiger partial charge is 0.408 e. The topological polar surface area (TPSA) is 160 Å². The molecule has 0 radical (unpaired) electrons. The first-order valence-corrected chi connectivity index (χ1v) is 15.2. The Kier molecular flexibility index (Phi) is 8.32. The number of ether oxygens (including phenoxy) is 2. The Morgan fingerprint density at radius 1 is 1.14 bits per heavy atom. The molecule has 12 heteroatoms. The zero-order valence-electron chi connectivity index (χ0n) is 25.4. The lowest BCUT2D eigenvalue weighted by Crippen LogP contribution is -2.58. The van der Waals surface area contributed by atoms with Gasteiger partial charge in [-0.1, -0.05) is 43.9 Å². The Morgan fingerprint density at radius 2 is 1.79 bits per heavy atom. The first-order chi connectivity index (χ1) is 20.3. The van der Waals surface area contributed by atoms with Crippen molar-refractivity contribution in [2.75, 3.05) is 13.6 Å². The molecule has 1 aromatic carbocycles. The number of para-hydroxylation sites is 1. The van der Waals surface area contributed by atoms with E-state index >= 15 is 0 Å². The number of hydrogen-bond donors (Lipinski definition) is 3. The second-order valence-corrected chi connectivity index (χ2v) is 13.5. The van der Waals surface area contributed by atoms with Gasteiger partial charge in [0.25, 0.3) is 5.91 Å². The summed E-state index contributed by atoms with van der Waals surface area (Å²) in [7, 11) is 1.56. The van der Waals surface area contributed by atoms with Crippen molar-refractivity contribution in [2.45, 2.75) is 102 Å². The number of primary amides is 1. The second-order valence-electron chi connectivity index (χ2n) is 13.5. The van der Waals surface area contributed by atoms with Gasteiger partial charge >= 0.3 is 6.09 Å². The Morgan fingerprint density at radius 3 is 2.42 bits per heavy atom. The van der Waals surface area contributed by atoms with E-state index in [4.69, 9.17) is 15.2 Å². The molecule has 234 valence electrons. The molecule has 4 N–H and O–H groups in total. The predicted molar refractivity (Wildman–Crippen MR) is 155 cm³/mol. The number of fused-ring (bicyclic) bond motifs is 1. The maximum Gasteiger partial charge on any atom is 0.408 e. The van der Waals surface area contributed by atoms with Crippen molar-refractivity contribution in [3.63, 3.8) is 0 Å². The Balaban J connectivity index is 1.39. The first kappa shape index (κ1) is 30.6. The summed E-state index contributed by atoms with van der Waals surface area (Å²) >= 11 is 0. The van der Waals surface area contributed by atoms with Crippen LogP contribution in [0, 0.1) is 11.8 Å². The van der Waals surface area contributed by atoms with Gasteiger partial charge in [-0.3, -0.25) is 19.2 Å². The summed E-state index contributed by atoms with van der Waals surface area (Å²) in [6.07, 6.45) is 3.83. The normalized spacial score (nSPS) is 24.6. The fraction of sp³-hybridized carbons (Fsp3) is 0.645. The van der Waals surface area contributed by atoms with Crippen LogP contribution in [-0.4, -0.2) is 82.4 Å². The molecule has 1 aromatic rings. The summed E-state index contributed by atoms with van der Waals surface area (Å²) in [5.74, 6) is -1.01. The van der Waals surface area contributed by atoms with Gasteiger partial charge in [0.1, 0.15) is 29.5 Å². The molecule has 4 atom stereocenters. The molecule has 0 aromatic heterocycles. The highest BCUT2D eigenvalue weighted by molar-refractivity contribution is 5.96. The van der Waals surface area contributed by atoms with Gasteiger partial charge < -0.3 is 35.6 Å². The molecule has 2 aliphatic carbocycles. The highest BCUT2D eigenvalue weighted by Gasteiger charge is 2.57. The van der Waals surface area contributed by atoms with Gasteiger partial charge in [-0.2, -0.15) is 0 Å². The lowest BCUT2D eigenvalue weighted by atomic mass is 9.98. The average Bonchev–Trinajstić information content (AvgIpc) is 3.87. The van der Waals surface area contributed by atoms with Gasteiger partial charge in [0, 0.05) is 25.6 Å². The number of benzene rings is 1. The number of hydrogen-bond acceptors (Lipinski definition) is 7. The summed E-state index contributed by atoms with van der Waals surface area (Å²) < 4.78 is 11.7. The number of likely N-dealkylation sites (tertiary alicyclic amines) is 1. The van der Waals surface area contributed by atoms with Gasteiger partial charge in [0.15, 0.2) is 0 Å². The molecule has 3 fully saturated rings. The monoisotopic (exact) mass is 597 g/mol. The standard InChI is InChI=1S/C31H43N5O7/c1-30(2,3)43-29(41)34-21(13-18-9-10-18)26(38)35(4)22(14-19-11-12-19)27(39)36-17-31(15-23(36)25(32)37)28(40)33-16-20-7-5-6-8-24(20)42-31/h5-8,18-19,21-23H,9-17H2,1-4H3,(H2,32,37)(H,33,40)(H,34,41)/t21-,22-,23-,31+/m0/s1. The van der Waals surface area contributed by atoms with Crippen LogP contribution in [0.15, 0.2) is 24.3 Å². The number of likely N-dealkylation sites (N-methyl/N-ethyl adjacent to an activating group) is 1. The van der Waals surface area contributed by atoms with Gasteiger partial charge in [0.2, 0.25) is 23.3 Å². The number of nitrogens with one attached hydrogen (secondary N) is 2. The largest absolute Gasteiger partial charge is 0.475 e. The maximum atomic E-state index is 14.3. The first-order valence-electron chi connectivity index (χ1n) is 15.2. The Labute approximate surface area is 252 Å². The van der Waals surface area contributed by atoms with Crippen LogP contribution in [0.2, 0.25) is 0 Å². The maximum absolute atomic E-state index is 14.3. The van der Waals surface area contributed by atoms with E-state index in [1.165, 1.54) is 9.80 Å². The predicted octanol–water partition coefficient (Wildman–Crippen LogP) is 1.84. The van der Waals surface area contributed by atoms with Crippen LogP contribution in [0.25, 0.3) is 0 Å². The second kappa shape index (κ2) is 11.7. The molecule has 43 heavy (non-hydrogen) atoms. The number of alkyl carbamates (subject to hydrolysis) is 1. The molecule has 1 saturated heterocycles. The van der Waals surface area contributed by atoms with Crippen molar-refractivity contribution in [3.05, 3.63) is 29.8 Å². The molecule has 12 nitrogen and oxygen atoms in total. The quantitative estimate of drug-likeness (QED) is 0.392. The molecule has 1 spiro atoms. The van der Waals surface area contributed by atoms with Crippen LogP contribution in [0.3, 0.4) is 0 Å². The highest BCUT2D eigenvalue weighted by atomic mass is 16.6. The van der Waals surface area contributed by atoms with Crippen LogP contribution < -0.4 is 21.1 Å². The van der Waals surface area contributed by atoms with E-state index in [0.717, 1.165) is 31.2 Å². The lowest BCUT2D eigenvalue weighted by molar-refractivity contribution is -0.149. The van der Waals surface area contributed by atoms with Crippen molar-refractivity contribution in [1.82, 2.24) is 20.4 Å². The van der Waals surface area contributed by atoms with Crippen LogP contribution in [0.1, 0.15) is 71.3 Å². The van der Waals surface area contributed by atoms with Crippen molar-refractivity contribution in [3.8, 4) is 5.75 Å². The number of amides is 5. The summed E-state index contributed by atoms with van der Waals surface area (Å²) in [6.45, 7) is 5.30. The fourth-order valence-electron chi connectivity index (χ4n) is 5.98. The zero-order valence-corrected chi connectivity index (χ0v) is 25.4. The third-order valence-corrected chi connectivity index (χ3v) is 8.68. The number of rotatable bonds is 9. The minimum Gasteiger partial charge on any atom is -0.475 e. The van der Waals surface area contributed by atoms with Crippen molar-refractivity contribution >= 4 is 29.7 Å². The molecule has 2 heterocycles. The molecule has 2 aliphatic heterocycles. The fourth-order valence-corrected chi connectivity index (χ4v) is 5.98. The van der Waals surface area contributed by atoms with Crippen molar-refractivity contribution in [2.24, 2.45) is 17.6 Å². The van der Waals surface area contributed by atoms with Gasteiger partial charge in [-0.05, 0) is 51.5 Å². The van der Waals surface area contributed by atoms with Crippen LogP contribution in [0.5, 0.6) is 5.75 Å². The summed E-state index contributed by atoms with van der Waals surface area (Å²) in [5.41, 5.74) is 4.33. The lowest BCUT2D eigenvalue weighted by Gasteiger charge is -2.35. The minimum absolute atomic E-state index is 0.105. The van der Waals surface area contributed by atoms with E-state index in [9.17, 15) is 24.0 Å². The van der Waals surface area contributed by atoms with E-state index in [1.54, 1.807) is 40.0 Å². The molecule has 4 aliphatic rings. The van der Waals surface area contributed by atoms with E-state index < -0.39 is 59.0 Å². The van der Waals surface area contributed by atoms with Gasteiger partial charge in [0.05, 0.1) is 6.54 Å². The van der Waals surface area contributed by atoms with Gasteiger partial charge in [-0.15, -0.1) is 0 Å². The summed E-state index contributed by atoms with van der Waals surface area (Å²) in [6, 6.07) is 4.34. The molecule has 5 rings (SSSR count). The third kappa shape index (κ3) is 7.05. The van der Waals surface area contributed by atoms with Crippen LogP contribution in [-0.2, 0) is 30.5 Å². The Hall–Kier alpha value is -3.83. The summed E-state index contributed by atoms with van der Waals surface area (Å²) in [4.78, 5) is 69.7. The SMILES string of the molecule is CN(C(=O)[C@H](CC1CC1)NC(=O)OC(C)(C)C)[C@@H](CC1CC1)C(=O)N1C[C@@]2(C[C@H]1C(N)=O)Oc1ccccc1CNC2=O. The minimum atomic E-state index is -1.51.